The summed E-state index contributed by atoms with van der Waals surface area (Å²) in [6.45, 7) is 5.20. The third-order valence-electron chi connectivity index (χ3n) is 4.71. The van der Waals surface area contributed by atoms with E-state index in [2.05, 4.69) is 52.4 Å². The number of hydrogen-bond acceptors (Lipinski definition) is 2. The van der Waals surface area contributed by atoms with Crippen LogP contribution in [-0.2, 0) is 11.2 Å². The number of halogens is 1. The quantitative estimate of drug-likeness (QED) is 0.835. The Hall–Kier alpha value is -0.870. The number of benzene rings is 1. The van der Waals surface area contributed by atoms with Crippen molar-refractivity contribution in [2.75, 3.05) is 26.7 Å². The predicted molar refractivity (Wildman–Crippen MR) is 94.9 cm³/mol. The zero-order chi connectivity index (χ0) is 15.9. The van der Waals surface area contributed by atoms with Crippen molar-refractivity contribution in [3.05, 3.63) is 34.3 Å². The van der Waals surface area contributed by atoms with E-state index in [1.807, 2.05) is 11.9 Å². The molecule has 1 aliphatic rings. The van der Waals surface area contributed by atoms with E-state index in [1.54, 1.807) is 0 Å². The molecule has 3 nitrogen and oxygen atoms in total. The summed E-state index contributed by atoms with van der Waals surface area (Å²) < 4.78 is 1.09. The Kier molecular flexibility index (Phi) is 6.90. The number of hydrogen-bond donors (Lipinski definition) is 1. The number of nitrogens with one attached hydrogen (secondary N) is 1. The average molecular weight is 367 g/mol. The van der Waals surface area contributed by atoms with Crippen LogP contribution in [0.5, 0.6) is 0 Å². The number of piperidine rings is 1. The van der Waals surface area contributed by atoms with Crippen molar-refractivity contribution in [2.45, 2.75) is 32.6 Å². The van der Waals surface area contributed by atoms with Gasteiger partial charge in [0.2, 0.25) is 5.91 Å². The van der Waals surface area contributed by atoms with Gasteiger partial charge in [-0.15, -0.1) is 0 Å². The highest BCUT2D eigenvalue weighted by Gasteiger charge is 2.23. The number of likely N-dealkylation sites (N-methyl/N-ethyl adjacent to an activating group) is 1. The number of rotatable bonds is 6. The van der Waals surface area contributed by atoms with Gasteiger partial charge < -0.3 is 10.2 Å². The summed E-state index contributed by atoms with van der Waals surface area (Å²) in [4.78, 5) is 14.3. The highest BCUT2D eigenvalue weighted by molar-refractivity contribution is 9.10. The zero-order valence-electron chi connectivity index (χ0n) is 13.6. The molecule has 1 amide bonds. The summed E-state index contributed by atoms with van der Waals surface area (Å²) in [6, 6.07) is 8.32. The standard InChI is InChI=1S/C18H27BrN2O/c1-14(16-4-3-10-20-13-16)12-18(22)21(2)11-9-15-5-7-17(19)8-6-15/h5-8,14,16,20H,3-4,9-13H2,1-2H3. The van der Waals surface area contributed by atoms with Crippen LogP contribution >= 0.6 is 15.9 Å². The Labute approximate surface area is 142 Å². The van der Waals surface area contributed by atoms with Crippen molar-refractivity contribution in [3.63, 3.8) is 0 Å². The lowest BCUT2D eigenvalue weighted by Crippen LogP contribution is -2.36. The molecule has 0 aliphatic carbocycles. The van der Waals surface area contributed by atoms with E-state index in [1.165, 1.54) is 18.4 Å². The van der Waals surface area contributed by atoms with Crippen molar-refractivity contribution < 1.29 is 4.79 Å². The zero-order valence-corrected chi connectivity index (χ0v) is 15.2. The molecule has 0 spiro atoms. The molecule has 1 heterocycles. The molecule has 0 aromatic heterocycles. The van der Waals surface area contributed by atoms with Gasteiger partial charge in [0.05, 0.1) is 0 Å². The van der Waals surface area contributed by atoms with Crippen molar-refractivity contribution >= 4 is 21.8 Å². The summed E-state index contributed by atoms with van der Waals surface area (Å²) in [7, 11) is 1.92. The number of carbonyl (C=O) groups is 1. The molecule has 1 N–H and O–H groups in total. The van der Waals surface area contributed by atoms with Gasteiger partial charge in [-0.3, -0.25) is 4.79 Å². The van der Waals surface area contributed by atoms with E-state index < -0.39 is 0 Å². The molecular formula is C18H27BrN2O. The monoisotopic (exact) mass is 366 g/mol. The second-order valence-corrected chi connectivity index (χ2v) is 7.40. The first-order valence-corrected chi connectivity index (χ1v) is 9.04. The van der Waals surface area contributed by atoms with E-state index in [9.17, 15) is 4.79 Å². The first-order chi connectivity index (χ1) is 10.6. The van der Waals surface area contributed by atoms with E-state index in [4.69, 9.17) is 0 Å². The third kappa shape index (κ3) is 5.40. The van der Waals surface area contributed by atoms with Crippen LogP contribution in [0, 0.1) is 11.8 Å². The van der Waals surface area contributed by atoms with Crippen LogP contribution in [0.4, 0.5) is 0 Å². The first kappa shape index (κ1) is 17.5. The molecule has 122 valence electrons. The van der Waals surface area contributed by atoms with Crippen LogP contribution in [0.1, 0.15) is 31.7 Å². The molecule has 1 aromatic carbocycles. The normalized spacial score (nSPS) is 19.7. The highest BCUT2D eigenvalue weighted by Crippen LogP contribution is 2.23. The smallest absolute Gasteiger partial charge is 0.222 e. The van der Waals surface area contributed by atoms with Gasteiger partial charge in [0.1, 0.15) is 0 Å². The van der Waals surface area contributed by atoms with Crippen LogP contribution in [0.3, 0.4) is 0 Å². The Morgan fingerprint density at radius 2 is 2.14 bits per heavy atom. The van der Waals surface area contributed by atoms with Crippen LogP contribution in [0.25, 0.3) is 0 Å². The fourth-order valence-electron chi connectivity index (χ4n) is 3.03. The maximum Gasteiger partial charge on any atom is 0.222 e. The Balaban J connectivity index is 1.75. The molecule has 0 saturated carbocycles. The van der Waals surface area contributed by atoms with Crippen LogP contribution in [0.2, 0.25) is 0 Å². The molecule has 4 heteroatoms. The second-order valence-electron chi connectivity index (χ2n) is 6.48. The molecule has 2 atom stereocenters. The summed E-state index contributed by atoms with van der Waals surface area (Å²) in [6.07, 6.45) is 4.07. The molecule has 0 bridgehead atoms. The molecule has 1 fully saturated rings. The lowest BCUT2D eigenvalue weighted by atomic mass is 9.85. The molecule has 0 radical (unpaired) electrons. The maximum absolute atomic E-state index is 12.4. The van der Waals surface area contributed by atoms with E-state index in [0.29, 0.717) is 18.3 Å². The van der Waals surface area contributed by atoms with Crippen molar-refractivity contribution in [1.82, 2.24) is 10.2 Å². The van der Waals surface area contributed by atoms with Gasteiger partial charge in [0.25, 0.3) is 0 Å². The van der Waals surface area contributed by atoms with Gasteiger partial charge in [0.15, 0.2) is 0 Å². The molecule has 1 aliphatic heterocycles. The van der Waals surface area contributed by atoms with Crippen molar-refractivity contribution in [3.8, 4) is 0 Å². The summed E-state index contributed by atoms with van der Waals surface area (Å²) >= 11 is 3.44. The molecular weight excluding hydrogens is 340 g/mol. The number of amides is 1. The van der Waals surface area contributed by atoms with Crippen molar-refractivity contribution in [2.24, 2.45) is 11.8 Å². The molecule has 2 unspecified atom stereocenters. The number of nitrogens with zero attached hydrogens (tertiary/aromatic N) is 1. The highest BCUT2D eigenvalue weighted by atomic mass is 79.9. The molecule has 22 heavy (non-hydrogen) atoms. The van der Waals surface area contributed by atoms with E-state index in [-0.39, 0.29) is 5.91 Å². The lowest BCUT2D eigenvalue weighted by molar-refractivity contribution is -0.131. The number of carbonyl (C=O) groups excluding carboxylic acids is 1. The molecule has 1 aromatic rings. The average Bonchev–Trinajstić information content (AvgIpc) is 2.54. The third-order valence-corrected chi connectivity index (χ3v) is 5.24. The SMILES string of the molecule is CC(CC(=O)N(C)CCc1ccc(Br)cc1)C1CCCNC1. The van der Waals surface area contributed by atoms with E-state index >= 15 is 0 Å². The van der Waals surface area contributed by atoms with Gasteiger partial charge in [-0.25, -0.2) is 0 Å². The Morgan fingerprint density at radius 3 is 2.77 bits per heavy atom. The van der Waals surface area contributed by atoms with Gasteiger partial charge in [-0.2, -0.15) is 0 Å². The van der Waals surface area contributed by atoms with Crippen molar-refractivity contribution in [1.29, 1.82) is 0 Å². The van der Waals surface area contributed by atoms with Crippen LogP contribution in [0.15, 0.2) is 28.7 Å². The summed E-state index contributed by atoms with van der Waals surface area (Å²) in [5.74, 6) is 1.39. The fourth-order valence-corrected chi connectivity index (χ4v) is 3.30. The minimum atomic E-state index is 0.273. The second kappa shape index (κ2) is 8.68. The maximum atomic E-state index is 12.4. The van der Waals surface area contributed by atoms with Crippen LogP contribution < -0.4 is 5.32 Å². The molecule has 1 saturated heterocycles. The summed E-state index contributed by atoms with van der Waals surface area (Å²) in [5.41, 5.74) is 1.27. The minimum Gasteiger partial charge on any atom is -0.345 e. The lowest BCUT2D eigenvalue weighted by Gasteiger charge is -2.29. The predicted octanol–water partition coefficient (Wildman–Crippen LogP) is 3.48. The largest absolute Gasteiger partial charge is 0.345 e. The Bertz CT molecular complexity index is 468. The minimum absolute atomic E-state index is 0.273. The Morgan fingerprint density at radius 1 is 1.41 bits per heavy atom. The molecule has 2 rings (SSSR count). The van der Waals surface area contributed by atoms with Gasteiger partial charge >= 0.3 is 0 Å². The fraction of sp³-hybridized carbons (Fsp3) is 0.611. The first-order valence-electron chi connectivity index (χ1n) is 8.25. The van der Waals surface area contributed by atoms with E-state index in [0.717, 1.165) is 30.5 Å². The van der Waals surface area contributed by atoms with Gasteiger partial charge in [0, 0.05) is 24.5 Å². The topological polar surface area (TPSA) is 32.3 Å². The van der Waals surface area contributed by atoms with Crippen LogP contribution in [-0.4, -0.2) is 37.5 Å². The van der Waals surface area contributed by atoms with Gasteiger partial charge in [-0.05, 0) is 61.9 Å². The summed E-state index contributed by atoms with van der Waals surface area (Å²) in [5, 5.41) is 3.44. The van der Waals surface area contributed by atoms with Gasteiger partial charge in [-0.1, -0.05) is 35.0 Å².